The highest BCUT2D eigenvalue weighted by molar-refractivity contribution is 6.12. The Bertz CT molecular complexity index is 1430. The van der Waals surface area contributed by atoms with E-state index in [-0.39, 0.29) is 34.0 Å². The van der Waals surface area contributed by atoms with Crippen LogP contribution in [0, 0.1) is 5.92 Å². The van der Waals surface area contributed by atoms with Crippen LogP contribution < -0.4 is 10.4 Å². The minimum Gasteiger partial charge on any atom is -0.508 e. The fourth-order valence-corrected chi connectivity index (χ4v) is 4.13. The average Bonchev–Trinajstić information content (AvgIpc) is 2.79. The maximum absolute atomic E-state index is 13.4. The fourth-order valence-electron chi connectivity index (χ4n) is 4.13. The first-order valence-electron chi connectivity index (χ1n) is 9.84. The van der Waals surface area contributed by atoms with Crippen LogP contribution in [0.2, 0.25) is 0 Å². The second-order valence-corrected chi connectivity index (χ2v) is 7.48. The molecule has 2 atom stereocenters. The molecule has 4 aromatic rings. The number of hydrogen-bond acceptors (Lipinski definition) is 7. The summed E-state index contributed by atoms with van der Waals surface area (Å²) in [4.78, 5) is 39.6. The number of Topliss-reactive ketones (excluding diaryl/α,β-unsaturated/α-hetero) is 1. The van der Waals surface area contributed by atoms with Crippen LogP contribution in [-0.2, 0) is 4.79 Å². The smallest absolute Gasteiger partial charge is 0.343 e. The molecule has 3 aromatic carbocycles. The van der Waals surface area contributed by atoms with Crippen molar-refractivity contribution in [1.29, 1.82) is 0 Å². The summed E-state index contributed by atoms with van der Waals surface area (Å²) in [6.07, 6.45) is 0. The minimum atomic E-state index is -1.44. The van der Waals surface area contributed by atoms with Crippen molar-refractivity contribution < 1.29 is 29.0 Å². The molecular formula is C25H16O7. The molecule has 0 radical (unpaired) electrons. The first kappa shape index (κ1) is 19.6. The number of para-hydroxylation sites is 2. The van der Waals surface area contributed by atoms with Crippen molar-refractivity contribution in [1.82, 2.24) is 0 Å². The highest BCUT2D eigenvalue weighted by Crippen LogP contribution is 2.45. The number of aromatic hydroxyl groups is 2. The molecule has 0 amide bonds. The Hall–Kier alpha value is -4.39. The van der Waals surface area contributed by atoms with E-state index in [1.807, 2.05) is 0 Å². The molecule has 1 aromatic heterocycles. The van der Waals surface area contributed by atoms with E-state index in [1.54, 1.807) is 36.4 Å². The molecule has 0 saturated carbocycles. The van der Waals surface area contributed by atoms with E-state index in [9.17, 15) is 24.6 Å². The largest absolute Gasteiger partial charge is 0.508 e. The molecule has 0 unspecified atom stereocenters. The van der Waals surface area contributed by atoms with E-state index in [4.69, 9.17) is 9.15 Å². The standard InChI is InChI=1S/C25H16O7/c26-14-11-9-13(10-12-14)19-20(22(28)15-5-1-3-7-17(15)27)24(29)32-23-16-6-2-4-8-18(16)31-25(30)21(19)23/h1-12,19-20,26-27H/t19-,20+/m1/s1. The SMILES string of the molecule is O=C1Oc2c(c(=O)oc3ccccc23)[C@H](c2ccc(O)cc2)[C@H]1C(=O)c1ccccc1O. The number of esters is 1. The van der Waals surface area contributed by atoms with E-state index < -0.39 is 29.2 Å². The number of ketones is 1. The lowest BCUT2D eigenvalue weighted by Crippen LogP contribution is -2.40. The number of carbonyl (C=O) groups is 2. The molecule has 7 nitrogen and oxygen atoms in total. The number of ether oxygens (including phenoxy) is 1. The molecule has 0 spiro atoms. The Labute approximate surface area is 181 Å². The zero-order valence-electron chi connectivity index (χ0n) is 16.5. The topological polar surface area (TPSA) is 114 Å². The summed E-state index contributed by atoms with van der Waals surface area (Å²) in [5.74, 6) is -4.28. The van der Waals surface area contributed by atoms with Gasteiger partial charge in [-0.3, -0.25) is 9.59 Å². The van der Waals surface area contributed by atoms with Gasteiger partial charge in [0.2, 0.25) is 0 Å². The van der Waals surface area contributed by atoms with Crippen LogP contribution in [0.4, 0.5) is 0 Å². The Morgan fingerprint density at radius 2 is 1.53 bits per heavy atom. The first-order valence-corrected chi connectivity index (χ1v) is 9.84. The molecule has 1 aliphatic heterocycles. The number of benzene rings is 3. The fraction of sp³-hybridized carbons (Fsp3) is 0.0800. The summed E-state index contributed by atoms with van der Waals surface area (Å²) in [6, 6.07) is 18.4. The number of carbonyl (C=O) groups excluding carboxylic acids is 2. The molecule has 5 rings (SSSR count). The Kier molecular flexibility index (Phi) is 4.52. The molecular weight excluding hydrogens is 412 g/mol. The van der Waals surface area contributed by atoms with Crippen molar-refractivity contribution in [2.75, 3.05) is 0 Å². The Balaban J connectivity index is 1.79. The number of rotatable bonds is 3. The average molecular weight is 428 g/mol. The van der Waals surface area contributed by atoms with Gasteiger partial charge in [-0.15, -0.1) is 0 Å². The van der Waals surface area contributed by atoms with Gasteiger partial charge in [0.1, 0.15) is 23.0 Å². The zero-order valence-corrected chi connectivity index (χ0v) is 16.5. The minimum absolute atomic E-state index is 0.0125. The summed E-state index contributed by atoms with van der Waals surface area (Å²) in [5, 5.41) is 20.3. The third-order valence-electron chi connectivity index (χ3n) is 5.60. The van der Waals surface area contributed by atoms with Gasteiger partial charge in [-0.2, -0.15) is 0 Å². The molecule has 0 aliphatic carbocycles. The predicted molar refractivity (Wildman–Crippen MR) is 114 cm³/mol. The van der Waals surface area contributed by atoms with Crippen molar-refractivity contribution in [3.05, 3.63) is 99.9 Å². The van der Waals surface area contributed by atoms with E-state index >= 15 is 0 Å². The number of phenols is 2. The highest BCUT2D eigenvalue weighted by atomic mass is 16.5. The normalized spacial score (nSPS) is 17.6. The van der Waals surface area contributed by atoms with Gasteiger partial charge in [0.25, 0.3) is 0 Å². The second-order valence-electron chi connectivity index (χ2n) is 7.48. The van der Waals surface area contributed by atoms with Crippen LogP contribution in [0.3, 0.4) is 0 Å². The van der Waals surface area contributed by atoms with Gasteiger partial charge >= 0.3 is 11.6 Å². The lowest BCUT2D eigenvalue weighted by molar-refractivity contribution is -0.138. The van der Waals surface area contributed by atoms with Gasteiger partial charge in [0.15, 0.2) is 11.5 Å². The Morgan fingerprint density at radius 3 is 2.28 bits per heavy atom. The molecule has 1 aliphatic rings. The van der Waals surface area contributed by atoms with Gasteiger partial charge < -0.3 is 19.4 Å². The van der Waals surface area contributed by atoms with Crippen molar-refractivity contribution in [3.8, 4) is 17.2 Å². The van der Waals surface area contributed by atoms with Crippen LogP contribution >= 0.6 is 0 Å². The van der Waals surface area contributed by atoms with Crippen LogP contribution in [0.5, 0.6) is 17.2 Å². The van der Waals surface area contributed by atoms with Crippen molar-refractivity contribution in [2.24, 2.45) is 5.92 Å². The third kappa shape index (κ3) is 3.02. The van der Waals surface area contributed by atoms with E-state index in [0.29, 0.717) is 10.9 Å². The maximum atomic E-state index is 13.4. The first-order chi connectivity index (χ1) is 15.5. The number of hydrogen-bond donors (Lipinski definition) is 2. The Morgan fingerprint density at radius 1 is 0.844 bits per heavy atom. The summed E-state index contributed by atoms with van der Waals surface area (Å²) in [7, 11) is 0. The maximum Gasteiger partial charge on any atom is 0.343 e. The third-order valence-corrected chi connectivity index (χ3v) is 5.60. The number of phenolic OH excluding ortho intramolecular Hbond substituents is 2. The van der Waals surface area contributed by atoms with Gasteiger partial charge in [-0.25, -0.2) is 4.79 Å². The second kappa shape index (κ2) is 7.39. The van der Waals surface area contributed by atoms with Crippen molar-refractivity contribution in [3.63, 3.8) is 0 Å². The van der Waals surface area contributed by atoms with Gasteiger partial charge in [0, 0.05) is 5.92 Å². The summed E-state index contributed by atoms with van der Waals surface area (Å²) in [6.45, 7) is 0. The molecule has 0 saturated heterocycles. The zero-order chi connectivity index (χ0) is 22.4. The highest BCUT2D eigenvalue weighted by Gasteiger charge is 2.46. The van der Waals surface area contributed by atoms with E-state index in [2.05, 4.69) is 0 Å². The van der Waals surface area contributed by atoms with E-state index in [1.165, 1.54) is 36.4 Å². The molecule has 0 bridgehead atoms. The van der Waals surface area contributed by atoms with Crippen LogP contribution in [0.25, 0.3) is 11.0 Å². The molecule has 2 heterocycles. The molecule has 2 N–H and O–H groups in total. The van der Waals surface area contributed by atoms with Gasteiger partial charge in [0.05, 0.1) is 16.5 Å². The number of fused-ring (bicyclic) bond motifs is 3. The molecule has 158 valence electrons. The van der Waals surface area contributed by atoms with Crippen LogP contribution in [-0.4, -0.2) is 22.0 Å². The van der Waals surface area contributed by atoms with Crippen LogP contribution in [0.15, 0.2) is 82.0 Å². The molecule has 7 heteroatoms. The molecule has 32 heavy (non-hydrogen) atoms. The quantitative estimate of drug-likeness (QED) is 0.221. The lowest BCUT2D eigenvalue weighted by Gasteiger charge is -2.31. The van der Waals surface area contributed by atoms with E-state index in [0.717, 1.165) is 0 Å². The summed E-state index contributed by atoms with van der Waals surface area (Å²) in [5.41, 5.74) is -0.0787. The van der Waals surface area contributed by atoms with Crippen molar-refractivity contribution in [2.45, 2.75) is 5.92 Å². The van der Waals surface area contributed by atoms with Crippen molar-refractivity contribution >= 4 is 22.7 Å². The molecule has 0 fully saturated rings. The summed E-state index contributed by atoms with van der Waals surface area (Å²) < 4.78 is 11.0. The summed E-state index contributed by atoms with van der Waals surface area (Å²) >= 11 is 0. The lowest BCUT2D eigenvalue weighted by atomic mass is 9.75. The predicted octanol–water partition coefficient (Wildman–Crippen LogP) is 3.75. The monoisotopic (exact) mass is 428 g/mol. The van der Waals surface area contributed by atoms with Gasteiger partial charge in [-0.05, 0) is 42.0 Å². The van der Waals surface area contributed by atoms with Gasteiger partial charge in [-0.1, -0.05) is 36.4 Å². The van der Waals surface area contributed by atoms with Crippen LogP contribution in [0.1, 0.15) is 27.4 Å².